The molecule has 152 valence electrons. The van der Waals surface area contributed by atoms with Gasteiger partial charge in [-0.1, -0.05) is 42.5 Å². The van der Waals surface area contributed by atoms with E-state index in [1.807, 2.05) is 56.3 Å². The number of aromatic hydroxyl groups is 1. The number of aliphatic hydroxyl groups excluding tert-OH is 1. The molecule has 0 amide bonds. The Bertz CT molecular complexity index is 749. The summed E-state index contributed by atoms with van der Waals surface area (Å²) in [7, 11) is 0. The highest BCUT2D eigenvalue weighted by Crippen LogP contribution is 2.49. The second-order valence-electron chi connectivity index (χ2n) is 6.53. The van der Waals surface area contributed by atoms with Crippen LogP contribution < -0.4 is 4.74 Å². The third-order valence-corrected chi connectivity index (χ3v) is 7.84. The van der Waals surface area contributed by atoms with Crippen molar-refractivity contribution in [1.82, 2.24) is 0 Å². The summed E-state index contributed by atoms with van der Waals surface area (Å²) >= 11 is 3.51. The number of para-hydroxylation sites is 1. The Morgan fingerprint density at radius 2 is 1.75 bits per heavy atom. The Morgan fingerprint density at radius 3 is 2.39 bits per heavy atom. The first-order valence-corrected chi connectivity index (χ1v) is 11.8. The average Bonchev–Trinajstić information content (AvgIpc) is 2.75. The summed E-state index contributed by atoms with van der Waals surface area (Å²) in [6.07, 6.45) is 0.296. The fourth-order valence-corrected chi connectivity index (χ4v) is 6.60. The molecule has 0 bridgehead atoms. The van der Waals surface area contributed by atoms with Crippen molar-refractivity contribution in [1.29, 1.82) is 0 Å². The minimum Gasteiger partial charge on any atom is -0.504 e. The number of benzene rings is 2. The van der Waals surface area contributed by atoms with Crippen LogP contribution in [0.3, 0.4) is 0 Å². The van der Waals surface area contributed by atoms with E-state index in [2.05, 4.69) is 0 Å². The van der Waals surface area contributed by atoms with Gasteiger partial charge in [0.1, 0.15) is 11.7 Å². The van der Waals surface area contributed by atoms with Gasteiger partial charge in [0, 0.05) is 12.2 Å². The van der Waals surface area contributed by atoms with Crippen LogP contribution in [0.4, 0.5) is 0 Å². The molecule has 2 unspecified atom stereocenters. The number of rotatable bonds is 8. The van der Waals surface area contributed by atoms with Gasteiger partial charge >= 0.3 is 0 Å². The summed E-state index contributed by atoms with van der Waals surface area (Å²) in [4.78, 5) is 0. The molecule has 28 heavy (non-hydrogen) atoms. The van der Waals surface area contributed by atoms with Crippen LogP contribution in [0.2, 0.25) is 0 Å². The molecule has 0 aromatic heterocycles. The van der Waals surface area contributed by atoms with Crippen LogP contribution in [0.15, 0.2) is 48.5 Å². The smallest absolute Gasteiger partial charge is 0.164 e. The number of aliphatic hydroxyl groups is 1. The van der Waals surface area contributed by atoms with Crippen molar-refractivity contribution in [2.75, 3.05) is 24.7 Å². The lowest BCUT2D eigenvalue weighted by Crippen LogP contribution is -2.48. The quantitative estimate of drug-likeness (QED) is 0.649. The molecule has 1 heterocycles. The van der Waals surface area contributed by atoms with Crippen LogP contribution in [0.5, 0.6) is 11.5 Å². The Hall–Kier alpha value is -1.34. The maximum Gasteiger partial charge on any atom is 0.164 e. The van der Waals surface area contributed by atoms with Gasteiger partial charge in [-0.2, -0.15) is 0 Å². The summed E-state index contributed by atoms with van der Waals surface area (Å²) in [5.41, 5.74) is 0.167. The lowest BCUT2D eigenvalue weighted by Gasteiger charge is -2.42. The van der Waals surface area contributed by atoms with E-state index in [0.29, 0.717) is 24.5 Å². The fourth-order valence-electron chi connectivity index (χ4n) is 3.62. The van der Waals surface area contributed by atoms with E-state index in [0.717, 1.165) is 23.5 Å². The number of thioether (sulfide) groups is 2. The van der Waals surface area contributed by atoms with Gasteiger partial charge in [-0.3, -0.25) is 0 Å². The summed E-state index contributed by atoms with van der Waals surface area (Å²) in [6.45, 7) is 4.63. The minimum absolute atomic E-state index is 0.0199. The molecule has 4 nitrogen and oxygen atoms in total. The number of hydrogen-bond donors (Lipinski definition) is 2. The second kappa shape index (κ2) is 9.92. The zero-order chi connectivity index (χ0) is 20.0. The van der Waals surface area contributed by atoms with Crippen LogP contribution >= 0.6 is 23.5 Å². The van der Waals surface area contributed by atoms with Crippen LogP contribution in [-0.2, 0) is 10.3 Å². The molecule has 6 heteroatoms. The molecule has 0 spiro atoms. The Balaban J connectivity index is 2.19. The number of phenolic OH excluding ortho intramolecular Hbond substituents is 1. The van der Waals surface area contributed by atoms with Crippen LogP contribution in [-0.4, -0.2) is 45.6 Å². The lowest BCUT2D eigenvalue weighted by atomic mass is 9.81. The molecule has 0 saturated carbocycles. The predicted octanol–water partition coefficient (Wildman–Crippen LogP) is 4.63. The third kappa shape index (κ3) is 4.15. The van der Waals surface area contributed by atoms with Crippen molar-refractivity contribution >= 4 is 23.5 Å². The second-order valence-corrected chi connectivity index (χ2v) is 9.33. The minimum atomic E-state index is -1.19. The molecule has 2 aromatic rings. The SMILES string of the molecule is CCOc1cccc(C(OCC)(c2ccccc2)C(O)C2SCCCS2)c1O. The standard InChI is InChI=1S/C22H28O4S2/c1-3-25-18-13-8-12-17(19(18)23)22(26-4-2,16-10-6-5-7-11-16)20(24)21-27-14-9-15-28-21/h5-8,10-13,20-21,23-24H,3-4,9,14-15H2,1-2H3. The van der Waals surface area contributed by atoms with E-state index in [4.69, 9.17) is 9.47 Å². The largest absolute Gasteiger partial charge is 0.504 e. The molecule has 2 atom stereocenters. The third-order valence-electron chi connectivity index (χ3n) is 4.80. The maximum absolute atomic E-state index is 11.6. The molecular weight excluding hydrogens is 392 g/mol. The monoisotopic (exact) mass is 420 g/mol. The molecule has 0 aliphatic carbocycles. The first kappa shape index (κ1) is 21.4. The zero-order valence-corrected chi connectivity index (χ0v) is 18.0. The molecule has 1 fully saturated rings. The maximum atomic E-state index is 11.6. The van der Waals surface area contributed by atoms with E-state index in [-0.39, 0.29) is 10.3 Å². The van der Waals surface area contributed by atoms with Gasteiger partial charge in [0.25, 0.3) is 0 Å². The summed E-state index contributed by atoms with van der Waals surface area (Å²) < 4.78 is 11.9. The van der Waals surface area contributed by atoms with E-state index in [1.165, 1.54) is 0 Å². The molecule has 1 saturated heterocycles. The molecule has 1 aliphatic heterocycles. The fraction of sp³-hybridized carbons (Fsp3) is 0.455. The van der Waals surface area contributed by atoms with E-state index < -0.39 is 11.7 Å². The number of ether oxygens (including phenoxy) is 2. The highest BCUT2D eigenvalue weighted by Gasteiger charge is 2.48. The summed E-state index contributed by atoms with van der Waals surface area (Å²) in [5.74, 6) is 2.44. The van der Waals surface area contributed by atoms with Crippen LogP contribution in [0, 0.1) is 0 Å². The van der Waals surface area contributed by atoms with E-state index in [1.54, 1.807) is 29.6 Å². The van der Waals surface area contributed by atoms with Gasteiger partial charge in [0.05, 0.1) is 11.2 Å². The Morgan fingerprint density at radius 1 is 1.04 bits per heavy atom. The molecule has 1 aliphatic rings. The van der Waals surface area contributed by atoms with Gasteiger partial charge < -0.3 is 19.7 Å². The normalized spacial score (nSPS) is 18.4. The first-order valence-electron chi connectivity index (χ1n) is 9.71. The van der Waals surface area contributed by atoms with Crippen molar-refractivity contribution in [2.45, 2.75) is 36.6 Å². The van der Waals surface area contributed by atoms with Gasteiger partial charge in [-0.25, -0.2) is 0 Å². The van der Waals surface area contributed by atoms with Crippen molar-refractivity contribution in [3.63, 3.8) is 0 Å². The van der Waals surface area contributed by atoms with Crippen LogP contribution in [0.25, 0.3) is 0 Å². The molecule has 0 radical (unpaired) electrons. The Labute approximate surface area is 175 Å². The molecule has 2 N–H and O–H groups in total. The molecule has 3 rings (SSSR count). The van der Waals surface area contributed by atoms with E-state index in [9.17, 15) is 10.2 Å². The van der Waals surface area contributed by atoms with Crippen LogP contribution in [0.1, 0.15) is 31.4 Å². The average molecular weight is 421 g/mol. The lowest BCUT2D eigenvalue weighted by molar-refractivity contribution is -0.0932. The molecule has 2 aromatic carbocycles. The zero-order valence-electron chi connectivity index (χ0n) is 16.3. The van der Waals surface area contributed by atoms with Gasteiger partial charge in [0.15, 0.2) is 11.5 Å². The van der Waals surface area contributed by atoms with Gasteiger partial charge in [0.2, 0.25) is 0 Å². The van der Waals surface area contributed by atoms with Gasteiger partial charge in [-0.15, -0.1) is 23.5 Å². The van der Waals surface area contributed by atoms with Crippen molar-refractivity contribution in [3.05, 3.63) is 59.7 Å². The van der Waals surface area contributed by atoms with Crippen molar-refractivity contribution < 1.29 is 19.7 Å². The predicted molar refractivity (Wildman–Crippen MR) is 117 cm³/mol. The summed E-state index contributed by atoms with van der Waals surface area (Å²) in [6, 6.07) is 15.1. The number of phenols is 1. The van der Waals surface area contributed by atoms with Gasteiger partial charge in [-0.05, 0) is 43.4 Å². The first-order chi connectivity index (χ1) is 13.6. The van der Waals surface area contributed by atoms with E-state index >= 15 is 0 Å². The van der Waals surface area contributed by atoms with Crippen molar-refractivity contribution in [2.24, 2.45) is 0 Å². The number of hydrogen-bond acceptors (Lipinski definition) is 6. The topological polar surface area (TPSA) is 58.9 Å². The highest BCUT2D eigenvalue weighted by atomic mass is 32.2. The van der Waals surface area contributed by atoms with Crippen molar-refractivity contribution in [3.8, 4) is 11.5 Å². The summed E-state index contributed by atoms with van der Waals surface area (Å²) in [5, 5.41) is 22.7. The Kier molecular flexibility index (Phi) is 7.57. The molecular formula is C22H28O4S2. The highest BCUT2D eigenvalue weighted by molar-refractivity contribution is 8.17.